The first-order valence-corrected chi connectivity index (χ1v) is 9.02. The van der Waals surface area contributed by atoms with E-state index in [1.54, 1.807) is 31.2 Å². The Kier molecular flexibility index (Phi) is 4.82. The van der Waals surface area contributed by atoms with E-state index >= 15 is 0 Å². The van der Waals surface area contributed by atoms with Crippen LogP contribution in [0.25, 0.3) is 0 Å². The lowest BCUT2D eigenvalue weighted by molar-refractivity contribution is -0.130. The summed E-state index contributed by atoms with van der Waals surface area (Å²) in [6.07, 6.45) is 0. The topological polar surface area (TPSA) is 66.5 Å². The number of ketones is 1. The van der Waals surface area contributed by atoms with Gasteiger partial charge in [0.2, 0.25) is 0 Å². The number of aryl methyl sites for hydroxylation is 3. The van der Waals surface area contributed by atoms with E-state index < -0.39 is 17.5 Å². The third-order valence-corrected chi connectivity index (χ3v) is 5.21. The van der Waals surface area contributed by atoms with Crippen LogP contribution in [0.15, 0.2) is 36.4 Å². The summed E-state index contributed by atoms with van der Waals surface area (Å²) in [5, 5.41) is 3.24. The Hall–Kier alpha value is -2.66. The minimum atomic E-state index is -1.22. The van der Waals surface area contributed by atoms with Gasteiger partial charge in [0, 0.05) is 10.6 Å². The Labute approximate surface area is 163 Å². The number of benzene rings is 2. The lowest BCUT2D eigenvalue weighted by Gasteiger charge is -2.22. The van der Waals surface area contributed by atoms with Crippen molar-refractivity contribution in [3.63, 3.8) is 0 Å². The first-order valence-electron chi connectivity index (χ1n) is 8.64. The van der Waals surface area contributed by atoms with Gasteiger partial charge in [0.1, 0.15) is 5.54 Å². The molecule has 3 rings (SSSR count). The number of imide groups is 1. The number of nitrogens with zero attached hydrogens (tertiary/aromatic N) is 1. The summed E-state index contributed by atoms with van der Waals surface area (Å²) in [4.78, 5) is 39.2. The Bertz CT molecular complexity index is 929. The molecule has 0 saturated carbocycles. The third-order valence-electron chi connectivity index (χ3n) is 4.95. The quantitative estimate of drug-likeness (QED) is 0.641. The summed E-state index contributed by atoms with van der Waals surface area (Å²) in [7, 11) is 0. The Morgan fingerprint density at radius 2 is 1.63 bits per heavy atom. The average Bonchev–Trinajstić information content (AvgIpc) is 2.78. The number of hydrogen-bond donors (Lipinski definition) is 1. The molecule has 0 aliphatic carbocycles. The molecule has 6 heteroatoms. The van der Waals surface area contributed by atoms with Crippen molar-refractivity contribution < 1.29 is 14.4 Å². The number of amides is 3. The molecule has 1 unspecified atom stereocenters. The molecule has 27 heavy (non-hydrogen) atoms. The van der Waals surface area contributed by atoms with E-state index in [-0.39, 0.29) is 12.3 Å². The number of rotatable bonds is 4. The van der Waals surface area contributed by atoms with E-state index in [1.165, 1.54) is 0 Å². The van der Waals surface area contributed by atoms with Crippen LogP contribution in [0.5, 0.6) is 0 Å². The van der Waals surface area contributed by atoms with Crippen molar-refractivity contribution in [1.82, 2.24) is 10.2 Å². The van der Waals surface area contributed by atoms with Gasteiger partial charge in [-0.15, -0.1) is 0 Å². The van der Waals surface area contributed by atoms with Crippen LogP contribution in [0.2, 0.25) is 5.02 Å². The third kappa shape index (κ3) is 3.35. The summed E-state index contributed by atoms with van der Waals surface area (Å²) >= 11 is 5.91. The zero-order chi connectivity index (χ0) is 19.9. The Balaban J connectivity index is 1.88. The molecule has 1 fully saturated rings. The van der Waals surface area contributed by atoms with Crippen LogP contribution in [-0.2, 0) is 10.3 Å². The van der Waals surface area contributed by atoms with Crippen molar-refractivity contribution in [2.75, 3.05) is 6.54 Å². The van der Waals surface area contributed by atoms with E-state index in [0.717, 1.165) is 21.6 Å². The van der Waals surface area contributed by atoms with Gasteiger partial charge in [0.05, 0.1) is 6.54 Å². The van der Waals surface area contributed by atoms with Gasteiger partial charge >= 0.3 is 6.03 Å². The standard InChI is InChI=1S/C21H21ClN2O3/c1-12-9-13(2)18(14(3)10-12)17(25)11-24-19(26)21(4,23-20(24)27)15-5-7-16(22)8-6-15/h5-10H,11H2,1-4H3,(H,23,27). The van der Waals surface area contributed by atoms with Gasteiger partial charge in [0.25, 0.3) is 5.91 Å². The van der Waals surface area contributed by atoms with Gasteiger partial charge in [-0.3, -0.25) is 14.5 Å². The lowest BCUT2D eigenvalue weighted by atomic mass is 9.92. The molecule has 2 aromatic carbocycles. The van der Waals surface area contributed by atoms with Gasteiger partial charge in [0.15, 0.2) is 5.78 Å². The maximum atomic E-state index is 13.0. The van der Waals surface area contributed by atoms with Crippen LogP contribution in [-0.4, -0.2) is 29.2 Å². The highest BCUT2D eigenvalue weighted by molar-refractivity contribution is 6.30. The summed E-state index contributed by atoms with van der Waals surface area (Å²) in [5.41, 5.74) is 2.69. The van der Waals surface area contributed by atoms with Crippen molar-refractivity contribution in [2.24, 2.45) is 0 Å². The molecular formula is C21H21ClN2O3. The van der Waals surface area contributed by atoms with Gasteiger partial charge in [-0.1, -0.05) is 41.4 Å². The van der Waals surface area contributed by atoms with Crippen LogP contribution < -0.4 is 5.32 Å². The molecule has 1 atom stereocenters. The maximum Gasteiger partial charge on any atom is 0.325 e. The van der Waals surface area contributed by atoms with Gasteiger partial charge < -0.3 is 5.32 Å². The summed E-state index contributed by atoms with van der Waals surface area (Å²) in [5.74, 6) is -0.709. The molecule has 3 amide bonds. The monoisotopic (exact) mass is 384 g/mol. The Morgan fingerprint density at radius 1 is 1.07 bits per heavy atom. The predicted octanol–water partition coefficient (Wildman–Crippen LogP) is 3.92. The van der Waals surface area contributed by atoms with Crippen molar-refractivity contribution >= 4 is 29.3 Å². The van der Waals surface area contributed by atoms with Crippen molar-refractivity contribution in [3.05, 3.63) is 69.2 Å². The second kappa shape index (κ2) is 6.82. The number of hydrogen-bond acceptors (Lipinski definition) is 3. The number of carbonyl (C=O) groups excluding carboxylic acids is 3. The van der Waals surface area contributed by atoms with E-state index in [4.69, 9.17) is 11.6 Å². The lowest BCUT2D eigenvalue weighted by Crippen LogP contribution is -2.41. The molecule has 1 heterocycles. The summed E-state index contributed by atoms with van der Waals surface area (Å²) in [6, 6.07) is 9.98. The molecule has 0 spiro atoms. The van der Waals surface area contributed by atoms with Gasteiger partial charge in [-0.25, -0.2) is 4.79 Å². The first-order chi connectivity index (χ1) is 12.6. The highest BCUT2D eigenvalue weighted by Gasteiger charge is 2.49. The maximum absolute atomic E-state index is 13.0. The number of carbonyl (C=O) groups is 3. The van der Waals surface area contributed by atoms with Crippen LogP contribution >= 0.6 is 11.6 Å². The summed E-state index contributed by atoms with van der Waals surface area (Å²) < 4.78 is 0. The normalized spacial score (nSPS) is 19.4. The Morgan fingerprint density at radius 3 is 2.19 bits per heavy atom. The van der Waals surface area contributed by atoms with Crippen LogP contribution in [0.3, 0.4) is 0 Å². The zero-order valence-electron chi connectivity index (χ0n) is 15.7. The second-order valence-electron chi connectivity index (χ2n) is 7.15. The van der Waals surface area contributed by atoms with Crippen molar-refractivity contribution in [2.45, 2.75) is 33.2 Å². The molecule has 0 bridgehead atoms. The fourth-order valence-corrected chi connectivity index (χ4v) is 3.79. The van der Waals surface area contributed by atoms with Crippen LogP contribution in [0, 0.1) is 20.8 Å². The van der Waals surface area contributed by atoms with Crippen LogP contribution in [0.4, 0.5) is 4.79 Å². The smallest absolute Gasteiger partial charge is 0.319 e. The van der Waals surface area contributed by atoms with Gasteiger partial charge in [-0.2, -0.15) is 0 Å². The minimum Gasteiger partial charge on any atom is -0.319 e. The fourth-order valence-electron chi connectivity index (χ4n) is 3.66. The molecule has 1 aliphatic rings. The second-order valence-corrected chi connectivity index (χ2v) is 7.59. The SMILES string of the molecule is Cc1cc(C)c(C(=O)CN2C(=O)NC(C)(c3ccc(Cl)cc3)C2=O)c(C)c1. The predicted molar refractivity (Wildman–Crippen MR) is 104 cm³/mol. The summed E-state index contributed by atoms with van der Waals surface area (Å²) in [6.45, 7) is 7.01. The van der Waals surface area contributed by atoms with Gasteiger partial charge in [-0.05, 0) is 56.5 Å². The van der Waals surface area contributed by atoms with E-state index in [1.807, 2.05) is 32.9 Å². The molecule has 1 N–H and O–H groups in total. The molecule has 1 saturated heterocycles. The van der Waals surface area contributed by atoms with E-state index in [0.29, 0.717) is 16.1 Å². The zero-order valence-corrected chi connectivity index (χ0v) is 16.5. The van der Waals surface area contributed by atoms with Crippen molar-refractivity contribution in [1.29, 1.82) is 0 Å². The molecule has 0 aromatic heterocycles. The van der Waals surface area contributed by atoms with E-state index in [2.05, 4.69) is 5.32 Å². The first kappa shape index (κ1) is 19.1. The number of Topliss-reactive ketones (excluding diaryl/α,β-unsaturated/α-hetero) is 1. The van der Waals surface area contributed by atoms with E-state index in [9.17, 15) is 14.4 Å². The molecular weight excluding hydrogens is 364 g/mol. The highest BCUT2D eigenvalue weighted by Crippen LogP contribution is 2.30. The molecule has 2 aromatic rings. The number of urea groups is 1. The molecule has 140 valence electrons. The minimum absolute atomic E-state index is 0.256. The molecule has 1 aliphatic heterocycles. The van der Waals surface area contributed by atoms with Crippen LogP contribution in [0.1, 0.15) is 39.5 Å². The number of halogens is 1. The fraction of sp³-hybridized carbons (Fsp3) is 0.286. The molecule has 0 radical (unpaired) electrons. The molecule has 5 nitrogen and oxygen atoms in total. The largest absolute Gasteiger partial charge is 0.325 e. The average molecular weight is 385 g/mol. The highest BCUT2D eigenvalue weighted by atomic mass is 35.5. The number of nitrogens with one attached hydrogen (secondary N) is 1. The van der Waals surface area contributed by atoms with Crippen molar-refractivity contribution in [3.8, 4) is 0 Å².